The maximum atomic E-state index is 12.9. The Morgan fingerprint density at radius 3 is 2.77 bits per heavy atom. The van der Waals surface area contributed by atoms with Gasteiger partial charge >= 0.3 is 0 Å². The number of hydrogen-bond donors (Lipinski definition) is 0. The minimum absolute atomic E-state index is 0.224. The van der Waals surface area contributed by atoms with Crippen LogP contribution in [0.5, 0.6) is 0 Å². The van der Waals surface area contributed by atoms with E-state index in [4.69, 9.17) is 11.6 Å². The number of rotatable bonds is 0. The number of aromatic nitrogens is 1. The first kappa shape index (κ1) is 8.57. The Labute approximate surface area is 80.7 Å². The second-order valence-corrected chi connectivity index (χ2v) is 3.49. The second-order valence-electron chi connectivity index (χ2n) is 3.14. The van der Waals surface area contributed by atoms with E-state index in [0.29, 0.717) is 5.15 Å². The maximum absolute atomic E-state index is 12.9. The van der Waals surface area contributed by atoms with Crippen LogP contribution in [0.2, 0.25) is 5.15 Å². The third-order valence-corrected chi connectivity index (χ3v) is 2.86. The van der Waals surface area contributed by atoms with E-state index in [2.05, 4.69) is 0 Å². The lowest BCUT2D eigenvalue weighted by molar-refractivity contribution is 0.629. The number of aryl methyl sites for hydroxylation is 2. The van der Waals surface area contributed by atoms with E-state index < -0.39 is 0 Å². The van der Waals surface area contributed by atoms with Crippen LogP contribution in [0.25, 0.3) is 10.9 Å². The summed E-state index contributed by atoms with van der Waals surface area (Å²) in [5.74, 6) is -0.224. The predicted molar refractivity (Wildman–Crippen MR) is 52.6 cm³/mol. The first-order valence-corrected chi connectivity index (χ1v) is 4.39. The van der Waals surface area contributed by atoms with Gasteiger partial charge in [0.2, 0.25) is 0 Å². The molecule has 1 nitrogen and oxygen atoms in total. The first-order chi connectivity index (χ1) is 6.11. The van der Waals surface area contributed by atoms with Gasteiger partial charge in [-0.15, -0.1) is 0 Å². The molecule has 0 N–H and O–H groups in total. The van der Waals surface area contributed by atoms with Gasteiger partial charge in [-0.1, -0.05) is 11.6 Å². The number of nitrogens with zero attached hydrogens (tertiary/aromatic N) is 1. The second kappa shape index (κ2) is 2.74. The van der Waals surface area contributed by atoms with Crippen LogP contribution in [-0.4, -0.2) is 4.57 Å². The number of hydrogen-bond acceptors (Lipinski definition) is 0. The molecule has 0 radical (unpaired) electrons. The highest BCUT2D eigenvalue weighted by molar-refractivity contribution is 6.32. The largest absolute Gasteiger partial charge is 0.335 e. The Bertz CT molecular complexity index is 473. The normalized spacial score (nSPS) is 11.1. The fourth-order valence-electron chi connectivity index (χ4n) is 1.57. The SMILES string of the molecule is Cc1c(Cl)n(C)c2ccc(F)cc12. The van der Waals surface area contributed by atoms with E-state index in [1.54, 1.807) is 6.07 Å². The first-order valence-electron chi connectivity index (χ1n) is 4.01. The molecule has 0 fully saturated rings. The van der Waals surface area contributed by atoms with E-state index in [0.717, 1.165) is 16.5 Å². The van der Waals surface area contributed by atoms with Crippen molar-refractivity contribution < 1.29 is 4.39 Å². The predicted octanol–water partition coefficient (Wildman–Crippen LogP) is 3.28. The Morgan fingerprint density at radius 2 is 2.08 bits per heavy atom. The van der Waals surface area contributed by atoms with Crippen molar-refractivity contribution in [3.05, 3.63) is 34.7 Å². The quantitative estimate of drug-likeness (QED) is 0.611. The summed E-state index contributed by atoms with van der Waals surface area (Å²) in [6, 6.07) is 4.69. The van der Waals surface area contributed by atoms with Crippen molar-refractivity contribution in [1.82, 2.24) is 4.57 Å². The van der Waals surface area contributed by atoms with Crippen LogP contribution in [0.1, 0.15) is 5.56 Å². The van der Waals surface area contributed by atoms with Crippen LogP contribution < -0.4 is 0 Å². The van der Waals surface area contributed by atoms with Gasteiger partial charge in [0.1, 0.15) is 11.0 Å². The smallest absolute Gasteiger partial charge is 0.123 e. The molecule has 0 aliphatic carbocycles. The zero-order valence-electron chi connectivity index (χ0n) is 7.44. The Balaban J connectivity index is 2.95. The zero-order valence-corrected chi connectivity index (χ0v) is 8.19. The van der Waals surface area contributed by atoms with Gasteiger partial charge in [0, 0.05) is 18.0 Å². The number of halogens is 2. The molecule has 0 bridgehead atoms. The maximum Gasteiger partial charge on any atom is 0.123 e. The fourth-order valence-corrected chi connectivity index (χ4v) is 1.76. The molecule has 0 aliphatic heterocycles. The number of fused-ring (bicyclic) bond motifs is 1. The molecule has 0 saturated heterocycles. The lowest BCUT2D eigenvalue weighted by Gasteiger charge is -1.95. The third kappa shape index (κ3) is 1.13. The van der Waals surface area contributed by atoms with Crippen LogP contribution in [0.3, 0.4) is 0 Å². The lowest BCUT2D eigenvalue weighted by atomic mass is 10.2. The van der Waals surface area contributed by atoms with E-state index in [1.165, 1.54) is 12.1 Å². The molecular weight excluding hydrogens is 189 g/mol. The average Bonchev–Trinajstić information content (AvgIpc) is 2.32. The monoisotopic (exact) mass is 197 g/mol. The van der Waals surface area contributed by atoms with Crippen molar-refractivity contribution in [3.8, 4) is 0 Å². The average molecular weight is 198 g/mol. The van der Waals surface area contributed by atoms with E-state index >= 15 is 0 Å². The molecule has 13 heavy (non-hydrogen) atoms. The molecule has 0 unspecified atom stereocenters. The van der Waals surface area contributed by atoms with E-state index in [-0.39, 0.29) is 5.82 Å². The highest BCUT2D eigenvalue weighted by Gasteiger charge is 2.09. The summed E-state index contributed by atoms with van der Waals surface area (Å²) in [7, 11) is 1.87. The molecule has 0 saturated carbocycles. The fraction of sp³-hybridized carbons (Fsp3) is 0.200. The van der Waals surface area contributed by atoms with Crippen LogP contribution in [0.15, 0.2) is 18.2 Å². The highest BCUT2D eigenvalue weighted by Crippen LogP contribution is 2.28. The van der Waals surface area contributed by atoms with E-state index in [1.807, 2.05) is 18.5 Å². The van der Waals surface area contributed by atoms with Crippen molar-refractivity contribution in [1.29, 1.82) is 0 Å². The molecular formula is C10H9ClFN. The minimum atomic E-state index is -0.224. The van der Waals surface area contributed by atoms with Gasteiger partial charge in [-0.3, -0.25) is 0 Å². The topological polar surface area (TPSA) is 4.93 Å². The molecule has 0 spiro atoms. The van der Waals surface area contributed by atoms with Crippen molar-refractivity contribution in [3.63, 3.8) is 0 Å². The lowest BCUT2D eigenvalue weighted by Crippen LogP contribution is -1.86. The van der Waals surface area contributed by atoms with Gasteiger partial charge in [0.25, 0.3) is 0 Å². The van der Waals surface area contributed by atoms with Crippen molar-refractivity contribution in [2.75, 3.05) is 0 Å². The summed E-state index contributed by atoms with van der Waals surface area (Å²) in [6.45, 7) is 1.89. The standard InChI is InChI=1S/C10H9ClFN/c1-6-8-5-7(12)3-4-9(8)13(2)10(6)11/h3-5H,1-2H3. The van der Waals surface area contributed by atoms with Gasteiger partial charge in [-0.2, -0.15) is 0 Å². The summed E-state index contributed by atoms with van der Waals surface area (Å²) in [6.07, 6.45) is 0. The van der Waals surface area contributed by atoms with Crippen LogP contribution in [0.4, 0.5) is 4.39 Å². The van der Waals surface area contributed by atoms with Gasteiger partial charge in [-0.25, -0.2) is 4.39 Å². The molecule has 0 aliphatic rings. The Hall–Kier alpha value is -1.02. The summed E-state index contributed by atoms with van der Waals surface area (Å²) in [5, 5.41) is 1.55. The molecule has 2 rings (SSSR count). The van der Waals surface area contributed by atoms with Crippen LogP contribution >= 0.6 is 11.6 Å². The third-order valence-electron chi connectivity index (χ3n) is 2.33. The van der Waals surface area contributed by atoms with Crippen molar-refractivity contribution in [2.45, 2.75) is 6.92 Å². The summed E-state index contributed by atoms with van der Waals surface area (Å²) < 4.78 is 14.8. The summed E-state index contributed by atoms with van der Waals surface area (Å²) >= 11 is 6.01. The molecule has 2 aromatic rings. The van der Waals surface area contributed by atoms with Crippen molar-refractivity contribution >= 4 is 22.5 Å². The highest BCUT2D eigenvalue weighted by atomic mass is 35.5. The van der Waals surface area contributed by atoms with Gasteiger partial charge in [0.15, 0.2) is 0 Å². The molecule has 0 atom stereocenters. The van der Waals surface area contributed by atoms with Gasteiger partial charge in [-0.05, 0) is 30.7 Å². The molecule has 0 amide bonds. The van der Waals surface area contributed by atoms with Gasteiger partial charge in [0.05, 0.1) is 0 Å². The zero-order chi connectivity index (χ0) is 9.59. The van der Waals surface area contributed by atoms with Crippen LogP contribution in [0, 0.1) is 12.7 Å². The molecule has 1 aromatic carbocycles. The molecule has 1 heterocycles. The number of benzene rings is 1. The van der Waals surface area contributed by atoms with Gasteiger partial charge < -0.3 is 4.57 Å². The molecule has 1 aromatic heterocycles. The molecule has 68 valence electrons. The Kier molecular flexibility index (Phi) is 1.81. The summed E-state index contributed by atoms with van der Waals surface area (Å²) in [4.78, 5) is 0. The van der Waals surface area contributed by atoms with Crippen molar-refractivity contribution in [2.24, 2.45) is 7.05 Å². The molecule has 3 heteroatoms. The summed E-state index contributed by atoms with van der Waals surface area (Å²) in [5.41, 5.74) is 1.89. The minimum Gasteiger partial charge on any atom is -0.335 e. The van der Waals surface area contributed by atoms with Crippen LogP contribution in [-0.2, 0) is 7.05 Å². The Morgan fingerprint density at radius 1 is 1.38 bits per heavy atom. The van der Waals surface area contributed by atoms with E-state index in [9.17, 15) is 4.39 Å².